The third-order valence-corrected chi connectivity index (χ3v) is 3.26. The van der Waals surface area contributed by atoms with Crippen LogP contribution in [0.4, 0.5) is 0 Å². The fourth-order valence-corrected chi connectivity index (χ4v) is 2.28. The number of carbonyl (C=O) groups is 1. The molecule has 1 aliphatic rings. The summed E-state index contributed by atoms with van der Waals surface area (Å²) >= 11 is 0. The van der Waals surface area contributed by atoms with Crippen LogP contribution in [-0.4, -0.2) is 25.0 Å². The Morgan fingerprint density at radius 2 is 1.86 bits per heavy atom. The number of rotatable bonds is 4. The lowest BCUT2D eigenvalue weighted by molar-refractivity contribution is -0.122. The Labute approximate surface area is 86.6 Å². The SMILES string of the molecule is CNC(=O)C(C)N[C@H](C)C1CCCC1. The van der Waals surface area contributed by atoms with Crippen molar-refractivity contribution in [3.63, 3.8) is 0 Å². The molecule has 1 saturated carbocycles. The van der Waals surface area contributed by atoms with Gasteiger partial charge in [0.2, 0.25) is 5.91 Å². The lowest BCUT2D eigenvalue weighted by atomic mass is 9.99. The van der Waals surface area contributed by atoms with Crippen molar-refractivity contribution < 1.29 is 4.79 Å². The fourth-order valence-electron chi connectivity index (χ4n) is 2.28. The van der Waals surface area contributed by atoms with Crippen molar-refractivity contribution in [1.82, 2.24) is 10.6 Å². The van der Waals surface area contributed by atoms with Crippen molar-refractivity contribution in [1.29, 1.82) is 0 Å². The molecule has 1 rings (SSSR count). The van der Waals surface area contributed by atoms with E-state index >= 15 is 0 Å². The molecule has 1 fully saturated rings. The lowest BCUT2D eigenvalue weighted by Gasteiger charge is -2.23. The van der Waals surface area contributed by atoms with Crippen LogP contribution >= 0.6 is 0 Å². The highest BCUT2D eigenvalue weighted by atomic mass is 16.2. The highest BCUT2D eigenvalue weighted by molar-refractivity contribution is 5.80. The summed E-state index contributed by atoms with van der Waals surface area (Å²) in [7, 11) is 1.68. The molecule has 1 aliphatic carbocycles. The Kier molecular flexibility index (Phi) is 4.39. The third-order valence-electron chi connectivity index (χ3n) is 3.26. The summed E-state index contributed by atoms with van der Waals surface area (Å²) in [6, 6.07) is 0.389. The van der Waals surface area contributed by atoms with Gasteiger partial charge in [-0.1, -0.05) is 12.8 Å². The number of hydrogen-bond acceptors (Lipinski definition) is 2. The Morgan fingerprint density at radius 3 is 2.36 bits per heavy atom. The summed E-state index contributed by atoms with van der Waals surface area (Å²) in [5.74, 6) is 0.844. The van der Waals surface area contributed by atoms with Gasteiger partial charge in [-0.05, 0) is 32.6 Å². The van der Waals surface area contributed by atoms with Gasteiger partial charge >= 0.3 is 0 Å². The first-order valence-corrected chi connectivity index (χ1v) is 5.62. The molecule has 3 heteroatoms. The standard InChI is InChI=1S/C11H22N2O/c1-8(10-6-4-5-7-10)13-9(2)11(14)12-3/h8-10,13H,4-7H2,1-3H3,(H,12,14)/t8-,9?/m1/s1. The highest BCUT2D eigenvalue weighted by Crippen LogP contribution is 2.27. The van der Waals surface area contributed by atoms with Crippen LogP contribution in [0.5, 0.6) is 0 Å². The smallest absolute Gasteiger partial charge is 0.236 e. The van der Waals surface area contributed by atoms with Gasteiger partial charge in [0.05, 0.1) is 6.04 Å². The molecule has 2 atom stereocenters. The maximum atomic E-state index is 11.3. The van der Waals surface area contributed by atoms with Crippen molar-refractivity contribution in [3.8, 4) is 0 Å². The van der Waals surface area contributed by atoms with E-state index in [-0.39, 0.29) is 11.9 Å². The van der Waals surface area contributed by atoms with Crippen molar-refractivity contribution in [2.45, 2.75) is 51.6 Å². The maximum Gasteiger partial charge on any atom is 0.236 e. The van der Waals surface area contributed by atoms with Crippen LogP contribution in [0.3, 0.4) is 0 Å². The first kappa shape index (κ1) is 11.5. The minimum Gasteiger partial charge on any atom is -0.358 e. The Morgan fingerprint density at radius 1 is 1.29 bits per heavy atom. The lowest BCUT2D eigenvalue weighted by Crippen LogP contribution is -2.46. The molecule has 1 amide bonds. The molecule has 1 unspecified atom stereocenters. The molecular weight excluding hydrogens is 176 g/mol. The van der Waals surface area contributed by atoms with E-state index in [1.165, 1.54) is 25.7 Å². The fraction of sp³-hybridized carbons (Fsp3) is 0.909. The number of hydrogen-bond donors (Lipinski definition) is 2. The summed E-state index contributed by atoms with van der Waals surface area (Å²) < 4.78 is 0. The van der Waals surface area contributed by atoms with Crippen LogP contribution in [0, 0.1) is 5.92 Å². The Balaban J connectivity index is 2.31. The monoisotopic (exact) mass is 198 g/mol. The normalized spacial score (nSPS) is 21.9. The largest absolute Gasteiger partial charge is 0.358 e. The van der Waals surface area contributed by atoms with Gasteiger partial charge in [0.25, 0.3) is 0 Å². The second kappa shape index (κ2) is 5.35. The predicted octanol–water partition coefficient (Wildman–Crippen LogP) is 1.29. The van der Waals surface area contributed by atoms with E-state index in [0.717, 1.165) is 5.92 Å². The number of amides is 1. The zero-order valence-electron chi connectivity index (χ0n) is 9.47. The van der Waals surface area contributed by atoms with E-state index in [2.05, 4.69) is 17.6 Å². The quantitative estimate of drug-likeness (QED) is 0.714. The molecule has 3 nitrogen and oxygen atoms in total. The first-order chi connectivity index (χ1) is 6.65. The van der Waals surface area contributed by atoms with Crippen LogP contribution in [0.15, 0.2) is 0 Å². The molecule has 0 aromatic carbocycles. The average molecular weight is 198 g/mol. The molecule has 0 bridgehead atoms. The van der Waals surface area contributed by atoms with Crippen molar-refractivity contribution in [3.05, 3.63) is 0 Å². The van der Waals surface area contributed by atoms with Crippen LogP contribution in [0.25, 0.3) is 0 Å². The van der Waals surface area contributed by atoms with Crippen LogP contribution < -0.4 is 10.6 Å². The van der Waals surface area contributed by atoms with E-state index in [9.17, 15) is 4.79 Å². The summed E-state index contributed by atoms with van der Waals surface area (Å²) in [6.07, 6.45) is 5.33. The third kappa shape index (κ3) is 2.98. The summed E-state index contributed by atoms with van der Waals surface area (Å²) in [5, 5.41) is 6.02. The second-order valence-electron chi connectivity index (χ2n) is 4.34. The Hall–Kier alpha value is -0.570. The van der Waals surface area contributed by atoms with E-state index in [1.807, 2.05) is 6.92 Å². The predicted molar refractivity (Wildman–Crippen MR) is 58.1 cm³/mol. The van der Waals surface area contributed by atoms with Gasteiger partial charge in [0.1, 0.15) is 0 Å². The summed E-state index contributed by atoms with van der Waals surface area (Å²) in [4.78, 5) is 11.3. The topological polar surface area (TPSA) is 41.1 Å². The summed E-state index contributed by atoms with van der Waals surface area (Å²) in [6.45, 7) is 4.11. The van der Waals surface area contributed by atoms with E-state index in [0.29, 0.717) is 6.04 Å². The van der Waals surface area contributed by atoms with Gasteiger partial charge in [-0.3, -0.25) is 4.79 Å². The van der Waals surface area contributed by atoms with Crippen LogP contribution in [0.2, 0.25) is 0 Å². The zero-order valence-corrected chi connectivity index (χ0v) is 9.47. The van der Waals surface area contributed by atoms with E-state index < -0.39 is 0 Å². The Bertz CT molecular complexity index is 188. The minimum atomic E-state index is -0.0735. The molecule has 0 saturated heterocycles. The molecule has 0 aliphatic heterocycles. The zero-order chi connectivity index (χ0) is 10.6. The van der Waals surface area contributed by atoms with Gasteiger partial charge in [-0.25, -0.2) is 0 Å². The molecule has 0 spiro atoms. The number of carbonyl (C=O) groups excluding carboxylic acids is 1. The first-order valence-electron chi connectivity index (χ1n) is 5.62. The molecule has 82 valence electrons. The second-order valence-corrected chi connectivity index (χ2v) is 4.34. The molecule has 0 aromatic rings. The molecule has 0 heterocycles. The van der Waals surface area contributed by atoms with Gasteiger partial charge < -0.3 is 10.6 Å². The van der Waals surface area contributed by atoms with Gasteiger partial charge in [-0.2, -0.15) is 0 Å². The molecule has 2 N–H and O–H groups in total. The number of nitrogens with one attached hydrogen (secondary N) is 2. The molecule has 0 radical (unpaired) electrons. The van der Waals surface area contributed by atoms with Crippen molar-refractivity contribution >= 4 is 5.91 Å². The average Bonchev–Trinajstić information content (AvgIpc) is 2.69. The van der Waals surface area contributed by atoms with Gasteiger partial charge in [-0.15, -0.1) is 0 Å². The van der Waals surface area contributed by atoms with Gasteiger partial charge in [0, 0.05) is 13.1 Å². The molecule has 0 aromatic heterocycles. The molecular formula is C11H22N2O. The van der Waals surface area contributed by atoms with E-state index in [4.69, 9.17) is 0 Å². The van der Waals surface area contributed by atoms with Gasteiger partial charge in [0.15, 0.2) is 0 Å². The molecule has 14 heavy (non-hydrogen) atoms. The van der Waals surface area contributed by atoms with Crippen molar-refractivity contribution in [2.24, 2.45) is 5.92 Å². The van der Waals surface area contributed by atoms with Crippen molar-refractivity contribution in [2.75, 3.05) is 7.05 Å². The number of likely N-dealkylation sites (N-methyl/N-ethyl adjacent to an activating group) is 1. The summed E-state index contributed by atoms with van der Waals surface area (Å²) in [5.41, 5.74) is 0. The highest BCUT2D eigenvalue weighted by Gasteiger charge is 2.23. The van der Waals surface area contributed by atoms with E-state index in [1.54, 1.807) is 7.05 Å². The minimum absolute atomic E-state index is 0.0735. The van der Waals surface area contributed by atoms with Crippen LogP contribution in [0.1, 0.15) is 39.5 Å². The van der Waals surface area contributed by atoms with Crippen LogP contribution in [-0.2, 0) is 4.79 Å². The maximum absolute atomic E-state index is 11.3.